The molecule has 0 aromatic heterocycles. The van der Waals surface area contributed by atoms with E-state index in [1.54, 1.807) is 6.08 Å². The molecule has 0 heterocycles. The Labute approximate surface area is 340 Å². The molecule has 55 heavy (non-hydrogen) atoms. The fourth-order valence-corrected chi connectivity index (χ4v) is 7.14. The van der Waals surface area contributed by atoms with E-state index >= 15 is 0 Å². The number of phosphoric ester groups is 1. The molecular weight excluding hydrogens is 707 g/mol. The van der Waals surface area contributed by atoms with Crippen LogP contribution in [0.15, 0.2) is 36.5 Å². The molecule has 0 rings (SSSR count). The van der Waals surface area contributed by atoms with Gasteiger partial charge in [-0.25, -0.2) is 4.57 Å². The van der Waals surface area contributed by atoms with E-state index in [0.717, 1.165) is 38.5 Å². The summed E-state index contributed by atoms with van der Waals surface area (Å²) in [6.45, 7) is 4.75. The molecule has 0 aliphatic carbocycles. The summed E-state index contributed by atoms with van der Waals surface area (Å²) in [5.74, 6) is -0.190. The lowest BCUT2D eigenvalue weighted by atomic mass is 10.0. The highest BCUT2D eigenvalue weighted by molar-refractivity contribution is 7.47. The van der Waals surface area contributed by atoms with Gasteiger partial charge in [-0.05, 0) is 57.8 Å². The summed E-state index contributed by atoms with van der Waals surface area (Å²) in [4.78, 5) is 23.1. The molecule has 3 atom stereocenters. The summed E-state index contributed by atoms with van der Waals surface area (Å²) in [5.41, 5.74) is 0. The SMILES string of the molecule is CCCCCC/C=C/CC/C=C/C(O)C(COP(=O)(O)OCC[N+](C)(C)C)NC(=O)CCCCCCCCCCCCC/C=C\CCCCCCCCCC. The number of rotatable bonds is 41. The fourth-order valence-electron chi connectivity index (χ4n) is 6.40. The number of quaternary nitrogens is 1. The lowest BCUT2D eigenvalue weighted by molar-refractivity contribution is -0.870. The van der Waals surface area contributed by atoms with Crippen LogP contribution in [-0.2, 0) is 18.4 Å². The molecule has 0 aliphatic rings. The van der Waals surface area contributed by atoms with E-state index in [4.69, 9.17) is 9.05 Å². The Morgan fingerprint density at radius 1 is 0.600 bits per heavy atom. The number of nitrogens with zero attached hydrogens (tertiary/aromatic N) is 1. The van der Waals surface area contributed by atoms with Crippen molar-refractivity contribution in [2.24, 2.45) is 0 Å². The Morgan fingerprint density at radius 2 is 1.00 bits per heavy atom. The van der Waals surface area contributed by atoms with Gasteiger partial charge in [0.25, 0.3) is 0 Å². The average Bonchev–Trinajstić information content (AvgIpc) is 3.13. The van der Waals surface area contributed by atoms with E-state index in [-0.39, 0.29) is 19.1 Å². The highest BCUT2D eigenvalue weighted by atomic mass is 31.2. The monoisotopic (exact) mass is 798 g/mol. The van der Waals surface area contributed by atoms with Crippen molar-refractivity contribution in [2.75, 3.05) is 40.9 Å². The van der Waals surface area contributed by atoms with Crippen LogP contribution >= 0.6 is 7.82 Å². The van der Waals surface area contributed by atoms with Gasteiger partial charge in [0, 0.05) is 6.42 Å². The van der Waals surface area contributed by atoms with E-state index in [9.17, 15) is 19.4 Å². The van der Waals surface area contributed by atoms with Crippen molar-refractivity contribution in [3.8, 4) is 0 Å². The lowest BCUT2D eigenvalue weighted by Gasteiger charge is -2.25. The van der Waals surface area contributed by atoms with Gasteiger partial charge in [-0.1, -0.05) is 172 Å². The average molecular weight is 798 g/mol. The fraction of sp³-hybridized carbons (Fsp3) is 0.848. The number of hydrogen-bond acceptors (Lipinski definition) is 5. The number of phosphoric acid groups is 1. The predicted molar refractivity (Wildman–Crippen MR) is 235 cm³/mol. The zero-order chi connectivity index (χ0) is 40.7. The number of nitrogens with one attached hydrogen (secondary N) is 1. The molecule has 0 radical (unpaired) electrons. The zero-order valence-corrected chi connectivity index (χ0v) is 37.6. The largest absolute Gasteiger partial charge is 0.472 e. The van der Waals surface area contributed by atoms with Gasteiger partial charge >= 0.3 is 7.82 Å². The van der Waals surface area contributed by atoms with Gasteiger partial charge in [0.15, 0.2) is 0 Å². The minimum atomic E-state index is -4.34. The number of carbonyl (C=O) groups is 1. The number of amides is 1. The van der Waals surface area contributed by atoms with Gasteiger partial charge in [0.1, 0.15) is 13.2 Å². The van der Waals surface area contributed by atoms with E-state index in [2.05, 4.69) is 43.5 Å². The molecule has 3 N–H and O–H groups in total. The Kier molecular flexibility index (Phi) is 37.4. The number of likely N-dealkylation sites (N-methyl/N-ethyl adjacent to an activating group) is 1. The van der Waals surface area contributed by atoms with E-state index in [1.807, 2.05) is 27.2 Å². The van der Waals surface area contributed by atoms with Crippen LogP contribution in [0.1, 0.15) is 200 Å². The van der Waals surface area contributed by atoms with Crippen molar-refractivity contribution in [3.63, 3.8) is 0 Å². The van der Waals surface area contributed by atoms with Gasteiger partial charge < -0.3 is 19.8 Å². The predicted octanol–water partition coefficient (Wildman–Crippen LogP) is 12.7. The van der Waals surface area contributed by atoms with E-state index < -0.39 is 20.0 Å². The molecule has 0 aliphatic heterocycles. The molecule has 0 saturated carbocycles. The standard InChI is InChI=1S/C46H89N2O6P/c1-6-8-10-12-14-16-18-19-20-21-22-23-24-25-26-27-28-29-30-32-34-36-38-40-46(50)47-44(43-54-55(51,52)53-42-41-48(3,4)5)45(49)39-37-35-33-31-17-15-13-11-9-7-2/h17,21-22,31,37,39,44-45,49H,6-16,18-20,23-30,32-36,38,40-43H2,1-5H3,(H-,47,50,51,52)/p+1/b22-21-,31-17+,39-37+. The highest BCUT2D eigenvalue weighted by Gasteiger charge is 2.27. The topological polar surface area (TPSA) is 105 Å². The molecule has 8 nitrogen and oxygen atoms in total. The molecule has 1 amide bonds. The molecule has 0 aromatic carbocycles. The summed E-state index contributed by atoms with van der Waals surface area (Å²) in [6, 6.07) is -0.860. The summed E-state index contributed by atoms with van der Waals surface area (Å²) in [7, 11) is 1.55. The number of allylic oxidation sites excluding steroid dienone is 5. The molecule has 0 aromatic rings. The van der Waals surface area contributed by atoms with Crippen molar-refractivity contribution in [1.29, 1.82) is 0 Å². The van der Waals surface area contributed by atoms with Crippen LogP contribution in [0.5, 0.6) is 0 Å². The van der Waals surface area contributed by atoms with Crippen LogP contribution in [0.4, 0.5) is 0 Å². The van der Waals surface area contributed by atoms with Crippen LogP contribution in [0, 0.1) is 0 Å². The Balaban J connectivity index is 4.24. The molecule has 324 valence electrons. The van der Waals surface area contributed by atoms with Gasteiger partial charge in [-0.2, -0.15) is 0 Å². The molecule has 0 saturated heterocycles. The van der Waals surface area contributed by atoms with Crippen molar-refractivity contribution in [1.82, 2.24) is 5.32 Å². The Hall–Kier alpha value is -1.28. The lowest BCUT2D eigenvalue weighted by Crippen LogP contribution is -2.45. The molecule has 3 unspecified atom stereocenters. The number of hydrogen-bond donors (Lipinski definition) is 3. The second-order valence-corrected chi connectivity index (χ2v) is 18.2. The van der Waals surface area contributed by atoms with Crippen LogP contribution < -0.4 is 5.32 Å². The first-order valence-electron chi connectivity index (χ1n) is 22.9. The smallest absolute Gasteiger partial charge is 0.387 e. The van der Waals surface area contributed by atoms with Crippen molar-refractivity contribution >= 4 is 13.7 Å². The first-order valence-corrected chi connectivity index (χ1v) is 24.4. The minimum Gasteiger partial charge on any atom is -0.387 e. The van der Waals surface area contributed by atoms with E-state index in [0.29, 0.717) is 17.4 Å². The van der Waals surface area contributed by atoms with Gasteiger partial charge in [-0.3, -0.25) is 13.8 Å². The second kappa shape index (κ2) is 38.2. The van der Waals surface area contributed by atoms with Crippen LogP contribution in [0.2, 0.25) is 0 Å². The second-order valence-electron chi connectivity index (χ2n) is 16.8. The Morgan fingerprint density at radius 3 is 1.47 bits per heavy atom. The number of unbranched alkanes of at least 4 members (excludes halogenated alkanes) is 24. The first kappa shape index (κ1) is 53.7. The Bertz CT molecular complexity index is 995. The van der Waals surface area contributed by atoms with Crippen LogP contribution in [0.3, 0.4) is 0 Å². The first-order chi connectivity index (χ1) is 26.5. The van der Waals surface area contributed by atoms with E-state index in [1.165, 1.54) is 141 Å². The molecular formula is C46H90N2O6P+. The maximum Gasteiger partial charge on any atom is 0.472 e. The molecule has 9 heteroatoms. The third-order valence-electron chi connectivity index (χ3n) is 10.1. The summed E-state index contributed by atoms with van der Waals surface area (Å²) < 4.78 is 23.5. The van der Waals surface area contributed by atoms with Gasteiger partial charge in [-0.15, -0.1) is 0 Å². The molecule has 0 bridgehead atoms. The zero-order valence-electron chi connectivity index (χ0n) is 36.7. The summed E-state index contributed by atoms with van der Waals surface area (Å²) in [5, 5.41) is 13.7. The molecule has 0 fully saturated rings. The highest BCUT2D eigenvalue weighted by Crippen LogP contribution is 2.43. The number of carbonyl (C=O) groups excluding carboxylic acids is 1. The number of aliphatic hydroxyl groups excluding tert-OH is 1. The normalized spacial score (nSPS) is 14.7. The maximum atomic E-state index is 12.8. The third kappa shape index (κ3) is 40.7. The van der Waals surface area contributed by atoms with Gasteiger partial charge in [0.2, 0.25) is 5.91 Å². The minimum absolute atomic E-state index is 0.0560. The van der Waals surface area contributed by atoms with Crippen LogP contribution in [-0.4, -0.2) is 73.4 Å². The molecule has 0 spiro atoms. The van der Waals surface area contributed by atoms with Crippen LogP contribution in [0.25, 0.3) is 0 Å². The summed E-state index contributed by atoms with van der Waals surface area (Å²) >= 11 is 0. The van der Waals surface area contributed by atoms with Gasteiger partial charge in [0.05, 0.1) is 39.9 Å². The van der Waals surface area contributed by atoms with Crippen molar-refractivity contribution in [2.45, 2.75) is 212 Å². The van der Waals surface area contributed by atoms with Crippen molar-refractivity contribution < 1.29 is 32.9 Å². The quantitative estimate of drug-likeness (QED) is 0.0246. The maximum absolute atomic E-state index is 12.8. The number of aliphatic hydroxyl groups is 1. The summed E-state index contributed by atoms with van der Waals surface area (Å²) in [6.07, 6.45) is 46.6. The third-order valence-corrected chi connectivity index (χ3v) is 11.1. The van der Waals surface area contributed by atoms with Crippen molar-refractivity contribution in [3.05, 3.63) is 36.5 Å².